The van der Waals surface area contributed by atoms with Crippen molar-refractivity contribution in [3.05, 3.63) is 34.1 Å². The van der Waals surface area contributed by atoms with Crippen LogP contribution in [0, 0.1) is 11.7 Å². The topological polar surface area (TPSA) is 84.2 Å². The SMILES string of the molecule is CC(C)C(C)(CN)NC(=O)CCNC(=O)c1cc(F)ccc1Br. The largest absolute Gasteiger partial charge is 0.351 e. The molecular formula is C16H23BrFN3O2. The van der Waals surface area contributed by atoms with Gasteiger partial charge in [0, 0.05) is 24.0 Å². The molecule has 1 aromatic rings. The summed E-state index contributed by atoms with van der Waals surface area (Å²) in [4.78, 5) is 24.0. The zero-order chi connectivity index (χ0) is 17.6. The first-order valence-electron chi connectivity index (χ1n) is 7.44. The quantitative estimate of drug-likeness (QED) is 0.670. The van der Waals surface area contributed by atoms with Crippen molar-refractivity contribution in [3.63, 3.8) is 0 Å². The molecule has 23 heavy (non-hydrogen) atoms. The van der Waals surface area contributed by atoms with Crippen LogP contribution >= 0.6 is 15.9 Å². The summed E-state index contributed by atoms with van der Waals surface area (Å²) in [5, 5.41) is 5.50. The van der Waals surface area contributed by atoms with E-state index < -0.39 is 17.3 Å². The second kappa shape index (κ2) is 8.40. The minimum atomic E-state index is -0.494. The van der Waals surface area contributed by atoms with Gasteiger partial charge in [-0.05, 0) is 47.0 Å². The van der Waals surface area contributed by atoms with Gasteiger partial charge in [-0.15, -0.1) is 0 Å². The Kier molecular flexibility index (Phi) is 7.15. The molecule has 5 nitrogen and oxygen atoms in total. The van der Waals surface area contributed by atoms with Gasteiger partial charge in [-0.25, -0.2) is 4.39 Å². The number of rotatable bonds is 7. The molecule has 0 aliphatic carbocycles. The number of amides is 2. The molecule has 0 saturated heterocycles. The minimum absolute atomic E-state index is 0.126. The highest BCUT2D eigenvalue weighted by Gasteiger charge is 2.28. The summed E-state index contributed by atoms with van der Waals surface area (Å²) in [7, 11) is 0. The lowest BCUT2D eigenvalue weighted by atomic mass is 9.88. The molecule has 0 aliphatic rings. The molecule has 128 valence electrons. The van der Waals surface area contributed by atoms with Crippen LogP contribution in [0.1, 0.15) is 37.6 Å². The van der Waals surface area contributed by atoms with Crippen LogP contribution in [0.5, 0.6) is 0 Å². The van der Waals surface area contributed by atoms with Crippen molar-refractivity contribution < 1.29 is 14.0 Å². The van der Waals surface area contributed by atoms with Crippen LogP contribution in [0.3, 0.4) is 0 Å². The van der Waals surface area contributed by atoms with E-state index in [4.69, 9.17) is 5.73 Å². The fourth-order valence-corrected chi connectivity index (χ4v) is 2.30. The Morgan fingerprint density at radius 1 is 1.39 bits per heavy atom. The molecule has 0 aliphatic heterocycles. The van der Waals surface area contributed by atoms with Crippen LogP contribution in [0.15, 0.2) is 22.7 Å². The van der Waals surface area contributed by atoms with Gasteiger partial charge in [0.2, 0.25) is 5.91 Å². The highest BCUT2D eigenvalue weighted by atomic mass is 79.9. The lowest BCUT2D eigenvalue weighted by Crippen LogP contribution is -2.55. The van der Waals surface area contributed by atoms with E-state index in [9.17, 15) is 14.0 Å². The Balaban J connectivity index is 2.52. The molecule has 0 radical (unpaired) electrons. The van der Waals surface area contributed by atoms with Gasteiger partial charge in [0.15, 0.2) is 0 Å². The third-order valence-electron chi connectivity index (χ3n) is 3.93. The van der Waals surface area contributed by atoms with Gasteiger partial charge >= 0.3 is 0 Å². The summed E-state index contributed by atoms with van der Waals surface area (Å²) < 4.78 is 13.7. The highest BCUT2D eigenvalue weighted by Crippen LogP contribution is 2.17. The maximum atomic E-state index is 13.2. The number of benzene rings is 1. The van der Waals surface area contributed by atoms with E-state index >= 15 is 0 Å². The molecule has 4 N–H and O–H groups in total. The van der Waals surface area contributed by atoms with E-state index in [2.05, 4.69) is 26.6 Å². The standard InChI is InChI=1S/C16H23BrFN3O2/c1-10(2)16(3,9-19)21-14(22)6-7-20-15(23)12-8-11(18)4-5-13(12)17/h4-5,8,10H,6-7,9,19H2,1-3H3,(H,20,23)(H,21,22). The van der Waals surface area contributed by atoms with Gasteiger partial charge in [0.05, 0.1) is 11.1 Å². The number of carbonyl (C=O) groups is 2. The number of hydrogen-bond donors (Lipinski definition) is 3. The van der Waals surface area contributed by atoms with Gasteiger partial charge in [-0.2, -0.15) is 0 Å². The van der Waals surface area contributed by atoms with Crippen molar-refractivity contribution in [3.8, 4) is 0 Å². The summed E-state index contributed by atoms with van der Waals surface area (Å²) in [6.45, 7) is 6.34. The summed E-state index contributed by atoms with van der Waals surface area (Å²) in [5.41, 5.74) is 5.43. The second-order valence-corrected chi connectivity index (χ2v) is 6.81. The molecular weight excluding hydrogens is 365 g/mol. The van der Waals surface area contributed by atoms with Crippen LogP contribution in [-0.4, -0.2) is 30.4 Å². The van der Waals surface area contributed by atoms with E-state index in [1.807, 2.05) is 20.8 Å². The van der Waals surface area contributed by atoms with Crippen molar-refractivity contribution in [2.45, 2.75) is 32.7 Å². The highest BCUT2D eigenvalue weighted by molar-refractivity contribution is 9.10. The molecule has 0 heterocycles. The predicted molar refractivity (Wildman–Crippen MR) is 91.5 cm³/mol. The Hall–Kier alpha value is -1.47. The van der Waals surface area contributed by atoms with Crippen molar-refractivity contribution in [2.75, 3.05) is 13.1 Å². The predicted octanol–water partition coefficient (Wildman–Crippen LogP) is 2.20. The maximum Gasteiger partial charge on any atom is 0.252 e. The Bertz CT molecular complexity index is 580. The van der Waals surface area contributed by atoms with Crippen LogP contribution in [-0.2, 0) is 4.79 Å². The molecule has 0 bridgehead atoms. The number of nitrogens with one attached hydrogen (secondary N) is 2. The van der Waals surface area contributed by atoms with Gasteiger partial charge < -0.3 is 16.4 Å². The third-order valence-corrected chi connectivity index (χ3v) is 4.63. The van der Waals surface area contributed by atoms with Gasteiger partial charge in [-0.3, -0.25) is 9.59 Å². The first kappa shape index (κ1) is 19.6. The molecule has 0 fully saturated rings. The van der Waals surface area contributed by atoms with Crippen LogP contribution < -0.4 is 16.4 Å². The van der Waals surface area contributed by atoms with Crippen molar-refractivity contribution >= 4 is 27.7 Å². The van der Waals surface area contributed by atoms with E-state index in [0.29, 0.717) is 11.0 Å². The first-order valence-corrected chi connectivity index (χ1v) is 8.23. The fourth-order valence-electron chi connectivity index (χ4n) is 1.87. The monoisotopic (exact) mass is 387 g/mol. The summed E-state index contributed by atoms with van der Waals surface area (Å²) >= 11 is 3.20. The molecule has 1 unspecified atom stereocenters. The fraction of sp³-hybridized carbons (Fsp3) is 0.500. The average molecular weight is 388 g/mol. The molecule has 0 aromatic heterocycles. The maximum absolute atomic E-state index is 13.2. The number of nitrogens with two attached hydrogens (primary N) is 1. The van der Waals surface area contributed by atoms with Crippen LogP contribution in [0.2, 0.25) is 0 Å². The van der Waals surface area contributed by atoms with Crippen LogP contribution in [0.4, 0.5) is 4.39 Å². The summed E-state index contributed by atoms with van der Waals surface area (Å²) in [6, 6.07) is 3.86. The zero-order valence-corrected chi connectivity index (χ0v) is 15.2. The lowest BCUT2D eigenvalue weighted by Gasteiger charge is -2.33. The molecule has 7 heteroatoms. The number of carbonyl (C=O) groups excluding carboxylic acids is 2. The third kappa shape index (κ3) is 5.58. The lowest BCUT2D eigenvalue weighted by molar-refractivity contribution is -0.123. The Morgan fingerprint density at radius 2 is 2.04 bits per heavy atom. The molecule has 0 spiro atoms. The van der Waals surface area contributed by atoms with E-state index in [1.54, 1.807) is 0 Å². The summed E-state index contributed by atoms with van der Waals surface area (Å²) in [6.07, 6.45) is 0.126. The molecule has 1 rings (SSSR count). The van der Waals surface area contributed by atoms with E-state index in [-0.39, 0.29) is 30.4 Å². The van der Waals surface area contributed by atoms with Crippen LogP contribution in [0.25, 0.3) is 0 Å². The Labute approximate surface area is 144 Å². The molecule has 1 aromatic carbocycles. The molecule has 0 saturated carbocycles. The zero-order valence-electron chi connectivity index (χ0n) is 13.6. The van der Waals surface area contributed by atoms with E-state index in [0.717, 1.165) is 6.07 Å². The first-order chi connectivity index (χ1) is 10.7. The normalized spacial score (nSPS) is 13.5. The second-order valence-electron chi connectivity index (χ2n) is 5.95. The van der Waals surface area contributed by atoms with Gasteiger partial charge in [-0.1, -0.05) is 13.8 Å². The molecule has 1 atom stereocenters. The van der Waals surface area contributed by atoms with Crippen molar-refractivity contribution in [1.29, 1.82) is 0 Å². The van der Waals surface area contributed by atoms with Gasteiger partial charge in [0.1, 0.15) is 5.82 Å². The number of halogens is 2. The van der Waals surface area contributed by atoms with Crippen molar-refractivity contribution in [2.24, 2.45) is 11.7 Å². The van der Waals surface area contributed by atoms with E-state index in [1.165, 1.54) is 12.1 Å². The number of hydrogen-bond acceptors (Lipinski definition) is 3. The average Bonchev–Trinajstić information content (AvgIpc) is 2.49. The molecule has 2 amide bonds. The van der Waals surface area contributed by atoms with Gasteiger partial charge in [0.25, 0.3) is 5.91 Å². The smallest absolute Gasteiger partial charge is 0.252 e. The Morgan fingerprint density at radius 3 is 2.61 bits per heavy atom. The minimum Gasteiger partial charge on any atom is -0.351 e. The van der Waals surface area contributed by atoms with Crippen molar-refractivity contribution in [1.82, 2.24) is 10.6 Å². The summed E-state index contributed by atoms with van der Waals surface area (Å²) in [5.74, 6) is -0.930.